The van der Waals surface area contributed by atoms with Crippen LogP contribution in [0.5, 0.6) is 0 Å². The SMILES string of the molecule is CCCc1c(C(=O)Nc2ncc(C3CCNCC3)s2)[nH]c(C)c1C(C)=O. The summed E-state index contributed by atoms with van der Waals surface area (Å²) < 4.78 is 0. The standard InChI is InChI=1S/C19H26N4O2S/c1-4-5-14-16(12(3)24)11(2)22-17(14)18(25)23-19-21-10-15(26-19)13-6-8-20-9-7-13/h10,13,20,22H,4-9H2,1-3H3,(H,21,23,25). The van der Waals surface area contributed by atoms with Gasteiger partial charge in [0.15, 0.2) is 10.9 Å². The van der Waals surface area contributed by atoms with Crippen molar-refractivity contribution in [3.05, 3.63) is 33.6 Å². The number of aryl methyl sites for hydroxylation is 1. The zero-order chi connectivity index (χ0) is 18.7. The molecule has 0 unspecified atom stereocenters. The van der Waals surface area contributed by atoms with E-state index in [0.717, 1.165) is 43.6 Å². The predicted octanol–water partition coefficient (Wildman–Crippen LogP) is 3.65. The van der Waals surface area contributed by atoms with Crippen LogP contribution in [0.15, 0.2) is 6.20 Å². The minimum absolute atomic E-state index is 0.0105. The first-order valence-electron chi connectivity index (χ1n) is 9.21. The summed E-state index contributed by atoms with van der Waals surface area (Å²) in [7, 11) is 0. The maximum atomic E-state index is 12.8. The van der Waals surface area contributed by atoms with Crippen molar-refractivity contribution in [3.8, 4) is 0 Å². The number of carbonyl (C=O) groups excluding carboxylic acids is 2. The highest BCUT2D eigenvalue weighted by molar-refractivity contribution is 7.15. The Kier molecular flexibility index (Phi) is 5.88. The summed E-state index contributed by atoms with van der Waals surface area (Å²) in [5, 5.41) is 6.88. The van der Waals surface area contributed by atoms with Crippen LogP contribution in [0.4, 0.5) is 5.13 Å². The monoisotopic (exact) mass is 374 g/mol. The number of H-pyrrole nitrogens is 1. The summed E-state index contributed by atoms with van der Waals surface area (Å²) in [6.45, 7) is 7.48. The molecule has 0 bridgehead atoms. The number of anilines is 1. The summed E-state index contributed by atoms with van der Waals surface area (Å²) in [5.74, 6) is 0.283. The molecule has 140 valence electrons. The summed E-state index contributed by atoms with van der Waals surface area (Å²) in [6.07, 6.45) is 5.65. The first-order valence-corrected chi connectivity index (χ1v) is 10.0. The number of rotatable bonds is 6. The van der Waals surface area contributed by atoms with Crippen LogP contribution < -0.4 is 10.6 Å². The third-order valence-electron chi connectivity index (χ3n) is 4.86. The lowest BCUT2D eigenvalue weighted by Gasteiger charge is -2.20. The van der Waals surface area contributed by atoms with E-state index in [4.69, 9.17) is 0 Å². The fourth-order valence-corrected chi connectivity index (χ4v) is 4.63. The Balaban J connectivity index is 1.79. The zero-order valence-corrected chi connectivity index (χ0v) is 16.4. The van der Waals surface area contributed by atoms with Gasteiger partial charge in [-0.1, -0.05) is 13.3 Å². The number of aromatic nitrogens is 2. The second-order valence-electron chi connectivity index (χ2n) is 6.83. The molecule has 0 spiro atoms. The average Bonchev–Trinajstić information content (AvgIpc) is 3.20. The van der Waals surface area contributed by atoms with Crippen molar-refractivity contribution >= 4 is 28.2 Å². The van der Waals surface area contributed by atoms with Crippen molar-refractivity contribution < 1.29 is 9.59 Å². The van der Waals surface area contributed by atoms with Gasteiger partial charge < -0.3 is 10.3 Å². The van der Waals surface area contributed by atoms with E-state index in [1.165, 1.54) is 4.88 Å². The van der Waals surface area contributed by atoms with Gasteiger partial charge in [0, 0.05) is 22.3 Å². The second kappa shape index (κ2) is 8.14. The van der Waals surface area contributed by atoms with Gasteiger partial charge in [-0.25, -0.2) is 4.98 Å². The number of amides is 1. The van der Waals surface area contributed by atoms with Gasteiger partial charge in [0.25, 0.3) is 5.91 Å². The number of aromatic amines is 1. The van der Waals surface area contributed by atoms with Gasteiger partial charge in [-0.3, -0.25) is 14.9 Å². The van der Waals surface area contributed by atoms with E-state index in [0.29, 0.717) is 28.7 Å². The van der Waals surface area contributed by atoms with E-state index >= 15 is 0 Å². The van der Waals surface area contributed by atoms with Gasteiger partial charge >= 0.3 is 0 Å². The van der Waals surface area contributed by atoms with E-state index in [1.807, 2.05) is 20.0 Å². The molecule has 1 aliphatic heterocycles. The van der Waals surface area contributed by atoms with Crippen molar-refractivity contribution in [1.29, 1.82) is 0 Å². The normalized spacial score (nSPS) is 15.2. The number of nitrogens with one attached hydrogen (secondary N) is 3. The summed E-state index contributed by atoms with van der Waals surface area (Å²) in [4.78, 5) is 33.5. The number of ketones is 1. The Morgan fingerprint density at radius 3 is 2.73 bits per heavy atom. The van der Waals surface area contributed by atoms with Crippen molar-refractivity contribution in [3.63, 3.8) is 0 Å². The van der Waals surface area contributed by atoms with Crippen LogP contribution in [0, 0.1) is 6.92 Å². The topological polar surface area (TPSA) is 86.9 Å². The van der Waals surface area contributed by atoms with Crippen LogP contribution >= 0.6 is 11.3 Å². The molecule has 3 rings (SSSR count). The summed E-state index contributed by atoms with van der Waals surface area (Å²) >= 11 is 1.55. The number of piperidine rings is 1. The first kappa shape index (κ1) is 18.8. The molecule has 1 saturated heterocycles. The molecule has 1 fully saturated rings. The Morgan fingerprint density at radius 1 is 1.35 bits per heavy atom. The molecular weight excluding hydrogens is 348 g/mol. The van der Waals surface area contributed by atoms with Gasteiger partial charge in [0.05, 0.1) is 0 Å². The molecule has 7 heteroatoms. The molecule has 6 nitrogen and oxygen atoms in total. The fraction of sp³-hybridized carbons (Fsp3) is 0.526. The number of nitrogens with zero attached hydrogens (tertiary/aromatic N) is 1. The molecular formula is C19H26N4O2S. The molecule has 26 heavy (non-hydrogen) atoms. The van der Waals surface area contributed by atoms with E-state index in [-0.39, 0.29) is 11.7 Å². The number of hydrogen-bond donors (Lipinski definition) is 3. The Labute approximate surface area is 157 Å². The van der Waals surface area contributed by atoms with E-state index in [2.05, 4.69) is 20.6 Å². The summed E-state index contributed by atoms with van der Waals surface area (Å²) in [6, 6.07) is 0. The molecule has 1 amide bonds. The molecule has 0 aliphatic carbocycles. The second-order valence-corrected chi connectivity index (χ2v) is 7.89. The molecule has 2 aromatic rings. The Morgan fingerprint density at radius 2 is 2.08 bits per heavy atom. The lowest BCUT2D eigenvalue weighted by molar-refractivity contribution is 0.101. The van der Waals surface area contributed by atoms with E-state index in [9.17, 15) is 9.59 Å². The molecule has 2 aromatic heterocycles. The third-order valence-corrected chi connectivity index (χ3v) is 5.93. The lowest BCUT2D eigenvalue weighted by atomic mass is 9.97. The zero-order valence-electron chi connectivity index (χ0n) is 15.6. The predicted molar refractivity (Wildman–Crippen MR) is 104 cm³/mol. The highest BCUT2D eigenvalue weighted by atomic mass is 32.1. The van der Waals surface area contributed by atoms with Crippen LogP contribution in [0.1, 0.15) is 76.0 Å². The largest absolute Gasteiger partial charge is 0.354 e. The van der Waals surface area contributed by atoms with Gasteiger partial charge in [0.1, 0.15) is 5.69 Å². The van der Waals surface area contributed by atoms with Crippen LogP contribution in [-0.2, 0) is 6.42 Å². The molecule has 0 saturated carbocycles. The lowest BCUT2D eigenvalue weighted by Crippen LogP contribution is -2.26. The van der Waals surface area contributed by atoms with E-state index < -0.39 is 0 Å². The van der Waals surface area contributed by atoms with Crippen molar-refractivity contribution in [2.24, 2.45) is 0 Å². The van der Waals surface area contributed by atoms with Crippen LogP contribution in [0.25, 0.3) is 0 Å². The van der Waals surface area contributed by atoms with Crippen LogP contribution in [0.3, 0.4) is 0 Å². The van der Waals surface area contributed by atoms with Gasteiger partial charge in [-0.2, -0.15) is 0 Å². The third kappa shape index (κ3) is 3.88. The molecule has 0 radical (unpaired) electrons. The van der Waals surface area contributed by atoms with Crippen molar-refractivity contribution in [2.75, 3.05) is 18.4 Å². The van der Waals surface area contributed by atoms with Gasteiger partial charge in [-0.05, 0) is 57.7 Å². The molecule has 3 heterocycles. The number of Topliss-reactive ketones (excluding diaryl/α,β-unsaturated/α-hetero) is 1. The molecule has 1 aliphatic rings. The first-order chi connectivity index (χ1) is 12.5. The average molecular weight is 375 g/mol. The number of hydrogen-bond acceptors (Lipinski definition) is 5. The number of thiazole rings is 1. The quantitative estimate of drug-likeness (QED) is 0.674. The van der Waals surface area contributed by atoms with E-state index in [1.54, 1.807) is 18.3 Å². The van der Waals surface area contributed by atoms with Gasteiger partial charge in [-0.15, -0.1) is 11.3 Å². The number of carbonyl (C=O) groups is 2. The van der Waals surface area contributed by atoms with Crippen LogP contribution in [0.2, 0.25) is 0 Å². The van der Waals surface area contributed by atoms with Crippen LogP contribution in [-0.4, -0.2) is 34.7 Å². The highest BCUT2D eigenvalue weighted by Crippen LogP contribution is 2.32. The Bertz CT molecular complexity index is 803. The molecule has 0 atom stereocenters. The minimum Gasteiger partial charge on any atom is -0.354 e. The highest BCUT2D eigenvalue weighted by Gasteiger charge is 2.23. The maximum absolute atomic E-state index is 12.8. The smallest absolute Gasteiger partial charge is 0.274 e. The molecule has 0 aromatic carbocycles. The maximum Gasteiger partial charge on any atom is 0.274 e. The summed E-state index contributed by atoms with van der Waals surface area (Å²) in [5.41, 5.74) is 2.69. The Hall–Kier alpha value is -1.99. The fourth-order valence-electron chi connectivity index (χ4n) is 3.65. The minimum atomic E-state index is -0.227. The molecule has 3 N–H and O–H groups in total. The van der Waals surface area contributed by atoms with Crippen molar-refractivity contribution in [2.45, 2.75) is 52.4 Å². The van der Waals surface area contributed by atoms with Crippen molar-refractivity contribution in [1.82, 2.24) is 15.3 Å². The van der Waals surface area contributed by atoms with Gasteiger partial charge in [0.2, 0.25) is 0 Å².